The predicted octanol–water partition coefficient (Wildman–Crippen LogP) is 1.02. The number of nitrogens with two attached hydrogens (primary N) is 1. The SMILES string of the molecule is COC1CCN(C2CCCC(NC3CC3)(C(N)=O)C2)CC1. The van der Waals surface area contributed by atoms with Crippen molar-refractivity contribution in [3.05, 3.63) is 0 Å². The van der Waals surface area contributed by atoms with Crippen LogP contribution in [0.5, 0.6) is 0 Å². The molecule has 1 aliphatic heterocycles. The zero-order valence-corrected chi connectivity index (χ0v) is 13.1. The van der Waals surface area contributed by atoms with Crippen molar-refractivity contribution in [2.24, 2.45) is 5.73 Å². The van der Waals surface area contributed by atoms with Crippen LogP contribution in [0.1, 0.15) is 51.4 Å². The zero-order valence-electron chi connectivity index (χ0n) is 13.1. The Labute approximate surface area is 127 Å². The summed E-state index contributed by atoms with van der Waals surface area (Å²) in [5.74, 6) is -0.147. The van der Waals surface area contributed by atoms with E-state index in [1.807, 2.05) is 0 Å². The quantitative estimate of drug-likeness (QED) is 0.794. The van der Waals surface area contributed by atoms with Gasteiger partial charge >= 0.3 is 0 Å². The lowest BCUT2D eigenvalue weighted by Crippen LogP contribution is -2.61. The molecule has 0 aromatic rings. The first kappa shape index (κ1) is 15.3. The Bertz CT molecular complexity index is 378. The molecule has 5 nitrogen and oxygen atoms in total. The van der Waals surface area contributed by atoms with Crippen molar-refractivity contribution in [1.82, 2.24) is 10.2 Å². The number of primary amides is 1. The maximum Gasteiger partial charge on any atom is 0.237 e. The lowest BCUT2D eigenvalue weighted by atomic mass is 9.77. The summed E-state index contributed by atoms with van der Waals surface area (Å²) in [5.41, 5.74) is 5.32. The van der Waals surface area contributed by atoms with Crippen LogP contribution in [0.25, 0.3) is 0 Å². The van der Waals surface area contributed by atoms with Gasteiger partial charge in [-0.25, -0.2) is 0 Å². The Balaban J connectivity index is 1.62. The monoisotopic (exact) mass is 295 g/mol. The van der Waals surface area contributed by atoms with Crippen LogP contribution in [-0.2, 0) is 9.53 Å². The Kier molecular flexibility index (Phi) is 4.52. The third kappa shape index (κ3) is 3.41. The molecule has 3 aliphatic rings. The largest absolute Gasteiger partial charge is 0.381 e. The van der Waals surface area contributed by atoms with Crippen molar-refractivity contribution >= 4 is 5.91 Å². The molecule has 21 heavy (non-hydrogen) atoms. The highest BCUT2D eigenvalue weighted by molar-refractivity contribution is 5.85. The number of hydrogen-bond donors (Lipinski definition) is 2. The molecular weight excluding hydrogens is 266 g/mol. The number of hydrogen-bond acceptors (Lipinski definition) is 4. The molecule has 0 aromatic carbocycles. The van der Waals surface area contributed by atoms with Crippen LogP contribution < -0.4 is 11.1 Å². The molecule has 1 amide bonds. The normalized spacial score (nSPS) is 35.8. The first-order chi connectivity index (χ1) is 10.1. The molecule has 3 fully saturated rings. The van der Waals surface area contributed by atoms with E-state index in [1.165, 1.54) is 19.3 Å². The van der Waals surface area contributed by atoms with Gasteiger partial charge < -0.3 is 20.7 Å². The van der Waals surface area contributed by atoms with Crippen LogP contribution in [0, 0.1) is 0 Å². The first-order valence-electron chi connectivity index (χ1n) is 8.47. The number of likely N-dealkylation sites (tertiary alicyclic amines) is 1. The Morgan fingerprint density at radius 2 is 1.95 bits per heavy atom. The Morgan fingerprint density at radius 1 is 1.24 bits per heavy atom. The van der Waals surface area contributed by atoms with Gasteiger partial charge in [-0.15, -0.1) is 0 Å². The van der Waals surface area contributed by atoms with Crippen LogP contribution in [0.2, 0.25) is 0 Å². The molecule has 3 N–H and O–H groups in total. The number of piperidine rings is 1. The number of nitrogens with one attached hydrogen (secondary N) is 1. The summed E-state index contributed by atoms with van der Waals surface area (Å²) in [6.45, 7) is 2.17. The van der Waals surface area contributed by atoms with Crippen molar-refractivity contribution in [2.75, 3.05) is 20.2 Å². The van der Waals surface area contributed by atoms with E-state index in [-0.39, 0.29) is 5.91 Å². The predicted molar refractivity (Wildman–Crippen MR) is 81.9 cm³/mol. The topological polar surface area (TPSA) is 67.6 Å². The van der Waals surface area contributed by atoms with Gasteiger partial charge in [-0.1, -0.05) is 0 Å². The second-order valence-electron chi connectivity index (χ2n) is 7.09. The Morgan fingerprint density at radius 3 is 2.52 bits per heavy atom. The van der Waals surface area contributed by atoms with Gasteiger partial charge in [0.05, 0.1) is 11.6 Å². The Hall–Kier alpha value is -0.650. The van der Waals surface area contributed by atoms with E-state index in [1.54, 1.807) is 7.11 Å². The van der Waals surface area contributed by atoms with E-state index in [2.05, 4.69) is 10.2 Å². The molecule has 2 aliphatic carbocycles. The van der Waals surface area contributed by atoms with Gasteiger partial charge in [0, 0.05) is 32.3 Å². The number of carbonyl (C=O) groups excluding carboxylic acids is 1. The summed E-state index contributed by atoms with van der Waals surface area (Å²) in [7, 11) is 1.80. The summed E-state index contributed by atoms with van der Waals surface area (Å²) in [4.78, 5) is 14.6. The second kappa shape index (κ2) is 6.23. The van der Waals surface area contributed by atoms with E-state index >= 15 is 0 Å². The zero-order chi connectivity index (χ0) is 14.9. The van der Waals surface area contributed by atoms with Gasteiger partial charge in [0.25, 0.3) is 0 Å². The third-order valence-electron chi connectivity index (χ3n) is 5.58. The number of rotatable bonds is 5. The number of carbonyl (C=O) groups is 1. The smallest absolute Gasteiger partial charge is 0.237 e. The van der Waals surface area contributed by atoms with Crippen molar-refractivity contribution < 1.29 is 9.53 Å². The molecule has 0 bridgehead atoms. The maximum atomic E-state index is 12.1. The van der Waals surface area contributed by atoms with Gasteiger partial charge in [-0.3, -0.25) is 4.79 Å². The van der Waals surface area contributed by atoms with Gasteiger partial charge in [0.1, 0.15) is 0 Å². The molecule has 3 rings (SSSR count). The highest BCUT2D eigenvalue weighted by atomic mass is 16.5. The molecule has 0 spiro atoms. The second-order valence-corrected chi connectivity index (χ2v) is 7.09. The summed E-state index contributed by atoms with van der Waals surface area (Å²) in [6, 6.07) is 1.02. The lowest BCUT2D eigenvalue weighted by molar-refractivity contribution is -0.127. The van der Waals surface area contributed by atoms with Crippen molar-refractivity contribution in [1.29, 1.82) is 0 Å². The number of methoxy groups -OCH3 is 1. The van der Waals surface area contributed by atoms with Gasteiger partial charge in [0.2, 0.25) is 5.91 Å². The third-order valence-corrected chi connectivity index (χ3v) is 5.58. The highest BCUT2D eigenvalue weighted by Crippen LogP contribution is 2.35. The van der Waals surface area contributed by atoms with Crippen molar-refractivity contribution in [2.45, 2.75) is 75.1 Å². The van der Waals surface area contributed by atoms with Crippen molar-refractivity contribution in [3.63, 3.8) is 0 Å². The van der Waals surface area contributed by atoms with Gasteiger partial charge in [0.15, 0.2) is 0 Å². The number of nitrogens with zero attached hydrogens (tertiary/aromatic N) is 1. The molecule has 2 unspecified atom stereocenters. The van der Waals surface area contributed by atoms with Gasteiger partial charge in [-0.05, 0) is 51.4 Å². The summed E-state index contributed by atoms with van der Waals surface area (Å²) < 4.78 is 5.45. The van der Waals surface area contributed by atoms with Gasteiger partial charge in [-0.2, -0.15) is 0 Å². The fraction of sp³-hybridized carbons (Fsp3) is 0.938. The van der Waals surface area contributed by atoms with Crippen LogP contribution >= 0.6 is 0 Å². The number of amides is 1. The molecule has 5 heteroatoms. The van der Waals surface area contributed by atoms with E-state index in [0.717, 1.165) is 45.2 Å². The summed E-state index contributed by atoms with van der Waals surface area (Å²) in [5, 5.41) is 3.57. The van der Waals surface area contributed by atoms with Crippen LogP contribution in [-0.4, -0.2) is 54.7 Å². The molecule has 2 saturated carbocycles. The fourth-order valence-electron chi connectivity index (χ4n) is 4.08. The van der Waals surface area contributed by atoms with E-state index in [9.17, 15) is 4.79 Å². The van der Waals surface area contributed by atoms with Crippen molar-refractivity contribution in [3.8, 4) is 0 Å². The molecule has 2 atom stereocenters. The van der Waals surface area contributed by atoms with Crippen LogP contribution in [0.15, 0.2) is 0 Å². The molecule has 0 aromatic heterocycles. The standard InChI is InChI=1S/C16H29N3O2/c1-21-14-6-9-19(10-7-14)13-3-2-8-16(11-13,15(17)20)18-12-4-5-12/h12-14,18H,2-11H2,1H3,(H2,17,20). The first-order valence-corrected chi connectivity index (χ1v) is 8.47. The summed E-state index contributed by atoms with van der Waals surface area (Å²) in [6.07, 6.45) is 9.09. The molecule has 1 saturated heterocycles. The molecular formula is C16H29N3O2. The minimum Gasteiger partial charge on any atom is -0.381 e. The minimum absolute atomic E-state index is 0.147. The molecule has 0 radical (unpaired) electrons. The average Bonchev–Trinajstić information content (AvgIpc) is 3.31. The minimum atomic E-state index is -0.456. The van der Waals surface area contributed by atoms with E-state index < -0.39 is 5.54 Å². The molecule has 1 heterocycles. The van der Waals surface area contributed by atoms with Crippen LogP contribution in [0.3, 0.4) is 0 Å². The highest BCUT2D eigenvalue weighted by Gasteiger charge is 2.45. The van der Waals surface area contributed by atoms with E-state index in [4.69, 9.17) is 10.5 Å². The van der Waals surface area contributed by atoms with E-state index in [0.29, 0.717) is 18.2 Å². The summed E-state index contributed by atoms with van der Waals surface area (Å²) >= 11 is 0. The number of ether oxygens (including phenoxy) is 1. The maximum absolute atomic E-state index is 12.1. The molecule has 120 valence electrons. The lowest BCUT2D eigenvalue weighted by Gasteiger charge is -2.45. The van der Waals surface area contributed by atoms with Crippen LogP contribution in [0.4, 0.5) is 0 Å². The average molecular weight is 295 g/mol. The fourth-order valence-corrected chi connectivity index (χ4v) is 4.08.